The van der Waals surface area contributed by atoms with Gasteiger partial charge in [-0.2, -0.15) is 0 Å². The van der Waals surface area contributed by atoms with Gasteiger partial charge in [-0.15, -0.1) is 0 Å². The number of hydrogen-bond donors (Lipinski definition) is 1. The predicted molar refractivity (Wildman–Crippen MR) is 64.9 cm³/mol. The van der Waals surface area contributed by atoms with Crippen molar-refractivity contribution in [3.8, 4) is 11.3 Å². The zero-order valence-electron chi connectivity index (χ0n) is 8.61. The van der Waals surface area contributed by atoms with Gasteiger partial charge < -0.3 is 10.3 Å². The van der Waals surface area contributed by atoms with Gasteiger partial charge in [0.1, 0.15) is 11.5 Å². The van der Waals surface area contributed by atoms with Crippen LogP contribution in [0.2, 0.25) is 0 Å². The Morgan fingerprint density at radius 1 is 1.38 bits per heavy atom. The highest BCUT2D eigenvalue weighted by Gasteiger charge is 2.29. The molecular formula is C12H11BrN2O. The molecule has 1 heterocycles. The minimum Gasteiger partial charge on any atom is -0.360 e. The van der Waals surface area contributed by atoms with Crippen molar-refractivity contribution < 1.29 is 4.52 Å². The van der Waals surface area contributed by atoms with Crippen molar-refractivity contribution in [1.82, 2.24) is 5.16 Å². The first-order chi connectivity index (χ1) is 7.77. The summed E-state index contributed by atoms with van der Waals surface area (Å²) in [6.07, 6.45) is 1.85. The van der Waals surface area contributed by atoms with E-state index in [1.165, 1.54) is 0 Å². The van der Waals surface area contributed by atoms with Crippen molar-refractivity contribution in [2.45, 2.75) is 18.9 Å². The average molecular weight is 279 g/mol. The van der Waals surface area contributed by atoms with Crippen LogP contribution in [0.4, 0.5) is 0 Å². The number of rotatable bonds is 1. The van der Waals surface area contributed by atoms with Crippen LogP contribution in [-0.4, -0.2) is 5.16 Å². The van der Waals surface area contributed by atoms with Gasteiger partial charge in [0.25, 0.3) is 0 Å². The van der Waals surface area contributed by atoms with E-state index in [1.807, 2.05) is 24.3 Å². The maximum atomic E-state index is 6.06. The molecule has 3 nitrogen and oxygen atoms in total. The molecule has 1 aromatic heterocycles. The van der Waals surface area contributed by atoms with Crippen LogP contribution < -0.4 is 5.73 Å². The van der Waals surface area contributed by atoms with Crippen molar-refractivity contribution in [3.05, 3.63) is 40.1 Å². The summed E-state index contributed by atoms with van der Waals surface area (Å²) >= 11 is 3.52. The number of nitrogens with two attached hydrogens (primary N) is 1. The number of halogens is 1. The van der Waals surface area contributed by atoms with Gasteiger partial charge in [-0.1, -0.05) is 39.3 Å². The van der Waals surface area contributed by atoms with E-state index in [0.29, 0.717) is 0 Å². The Morgan fingerprint density at radius 2 is 2.19 bits per heavy atom. The first kappa shape index (κ1) is 10.1. The fraction of sp³-hybridized carbons (Fsp3) is 0.250. The Hall–Kier alpha value is -1.13. The fourth-order valence-corrected chi connectivity index (χ4v) is 2.64. The van der Waals surface area contributed by atoms with E-state index in [2.05, 4.69) is 21.1 Å². The minimum absolute atomic E-state index is 0.0587. The summed E-state index contributed by atoms with van der Waals surface area (Å²) in [6, 6.07) is 8.04. The molecule has 0 aliphatic heterocycles. The Labute approximate surface area is 102 Å². The summed E-state index contributed by atoms with van der Waals surface area (Å²) in [6.45, 7) is 0. The molecule has 0 spiro atoms. The summed E-state index contributed by atoms with van der Waals surface area (Å²) < 4.78 is 6.35. The van der Waals surface area contributed by atoms with Gasteiger partial charge in [0, 0.05) is 28.1 Å². The van der Waals surface area contributed by atoms with Gasteiger partial charge in [-0.25, -0.2) is 0 Å². The third kappa shape index (κ3) is 1.41. The average Bonchev–Trinajstić information content (AvgIpc) is 2.83. The summed E-state index contributed by atoms with van der Waals surface area (Å²) in [5.74, 6) is 0.943. The zero-order valence-corrected chi connectivity index (χ0v) is 10.2. The highest BCUT2D eigenvalue weighted by atomic mass is 79.9. The maximum Gasteiger partial charge on any atom is 0.142 e. The lowest BCUT2D eigenvalue weighted by Crippen LogP contribution is -2.06. The molecular weight excluding hydrogens is 268 g/mol. The van der Waals surface area contributed by atoms with E-state index >= 15 is 0 Å². The Bertz CT molecular complexity index is 536. The second kappa shape index (κ2) is 3.71. The van der Waals surface area contributed by atoms with E-state index in [0.717, 1.165) is 39.9 Å². The molecule has 1 unspecified atom stereocenters. The van der Waals surface area contributed by atoms with Crippen molar-refractivity contribution in [2.75, 3.05) is 0 Å². The minimum atomic E-state index is 0.0587. The second-order valence-electron chi connectivity index (χ2n) is 3.99. The molecule has 1 aromatic carbocycles. The van der Waals surface area contributed by atoms with Crippen molar-refractivity contribution in [2.24, 2.45) is 5.73 Å². The van der Waals surface area contributed by atoms with Crippen molar-refractivity contribution >= 4 is 15.9 Å². The summed E-state index contributed by atoms with van der Waals surface area (Å²) in [7, 11) is 0. The Kier molecular flexibility index (Phi) is 2.33. The summed E-state index contributed by atoms with van der Waals surface area (Å²) in [4.78, 5) is 0. The molecule has 82 valence electrons. The van der Waals surface area contributed by atoms with Crippen molar-refractivity contribution in [1.29, 1.82) is 0 Å². The first-order valence-corrected chi connectivity index (χ1v) is 6.05. The normalized spacial score (nSPS) is 18.8. The first-order valence-electron chi connectivity index (χ1n) is 5.26. The van der Waals surface area contributed by atoms with E-state index in [4.69, 9.17) is 10.3 Å². The van der Waals surface area contributed by atoms with Crippen molar-refractivity contribution in [3.63, 3.8) is 0 Å². The molecule has 1 aliphatic rings. The molecule has 0 amide bonds. The van der Waals surface area contributed by atoms with Crippen LogP contribution in [0.25, 0.3) is 11.3 Å². The lowest BCUT2D eigenvalue weighted by atomic mass is 10.0. The molecule has 0 saturated carbocycles. The molecule has 1 atom stereocenters. The van der Waals surface area contributed by atoms with Gasteiger partial charge >= 0.3 is 0 Å². The van der Waals surface area contributed by atoms with Gasteiger partial charge in [-0.3, -0.25) is 0 Å². The molecule has 3 rings (SSSR count). The number of nitrogens with zero attached hydrogens (tertiary/aromatic N) is 1. The largest absolute Gasteiger partial charge is 0.360 e. The van der Waals surface area contributed by atoms with Crippen LogP contribution in [0, 0.1) is 0 Å². The summed E-state index contributed by atoms with van der Waals surface area (Å²) in [5, 5.41) is 4.13. The topological polar surface area (TPSA) is 52.0 Å². The number of aryl methyl sites for hydroxylation is 1. The fourth-order valence-electron chi connectivity index (χ4n) is 2.17. The molecule has 4 heteroatoms. The van der Waals surface area contributed by atoms with E-state index in [1.54, 1.807) is 0 Å². The van der Waals surface area contributed by atoms with Crippen LogP contribution >= 0.6 is 15.9 Å². The molecule has 0 saturated heterocycles. The van der Waals surface area contributed by atoms with E-state index < -0.39 is 0 Å². The van der Waals surface area contributed by atoms with E-state index in [-0.39, 0.29) is 6.04 Å². The van der Waals surface area contributed by atoms with Gasteiger partial charge in [0.2, 0.25) is 0 Å². The highest BCUT2D eigenvalue weighted by Crippen LogP contribution is 2.39. The SMILES string of the molecule is NC1CCc2onc(-c3ccccc3Br)c21. The van der Waals surface area contributed by atoms with Crippen LogP contribution in [0.3, 0.4) is 0 Å². The molecule has 0 fully saturated rings. The van der Waals surface area contributed by atoms with Crippen LogP contribution in [0.5, 0.6) is 0 Å². The number of benzene rings is 1. The highest BCUT2D eigenvalue weighted by molar-refractivity contribution is 9.10. The zero-order chi connectivity index (χ0) is 11.1. The lowest BCUT2D eigenvalue weighted by molar-refractivity contribution is 0.388. The Balaban J connectivity index is 2.19. The summed E-state index contributed by atoms with van der Waals surface area (Å²) in [5.41, 5.74) is 9.07. The third-order valence-electron chi connectivity index (χ3n) is 2.98. The number of fused-ring (bicyclic) bond motifs is 1. The van der Waals surface area contributed by atoms with Gasteiger partial charge in [0.15, 0.2) is 0 Å². The smallest absolute Gasteiger partial charge is 0.142 e. The monoisotopic (exact) mass is 278 g/mol. The van der Waals surface area contributed by atoms with E-state index in [9.17, 15) is 0 Å². The van der Waals surface area contributed by atoms with Gasteiger partial charge in [-0.05, 0) is 12.5 Å². The standard InChI is InChI=1S/C12H11BrN2O/c13-8-4-2-1-3-7(8)12-11-9(14)5-6-10(11)16-15-12/h1-4,9H,5-6,14H2. The maximum absolute atomic E-state index is 6.06. The third-order valence-corrected chi connectivity index (χ3v) is 3.68. The van der Waals surface area contributed by atoms with Crippen LogP contribution in [0.1, 0.15) is 23.8 Å². The molecule has 2 N–H and O–H groups in total. The molecule has 0 bridgehead atoms. The van der Waals surface area contributed by atoms with Crippen LogP contribution in [0.15, 0.2) is 33.3 Å². The molecule has 2 aromatic rings. The second-order valence-corrected chi connectivity index (χ2v) is 4.85. The molecule has 1 aliphatic carbocycles. The lowest BCUT2D eigenvalue weighted by Gasteiger charge is -2.05. The molecule has 0 radical (unpaired) electrons. The van der Waals surface area contributed by atoms with Gasteiger partial charge in [0.05, 0.1) is 0 Å². The Morgan fingerprint density at radius 3 is 3.00 bits per heavy atom. The molecule has 16 heavy (non-hydrogen) atoms. The predicted octanol–water partition coefficient (Wildman–Crippen LogP) is 3.05. The number of aromatic nitrogens is 1. The van der Waals surface area contributed by atoms with Crippen LogP contribution in [-0.2, 0) is 6.42 Å². The number of hydrogen-bond acceptors (Lipinski definition) is 3. The quantitative estimate of drug-likeness (QED) is 0.872.